The monoisotopic (exact) mass is 276 g/mol. The molecule has 19 heavy (non-hydrogen) atoms. The summed E-state index contributed by atoms with van der Waals surface area (Å²) >= 11 is 1.51. The average Bonchev–Trinajstić information content (AvgIpc) is 2.84. The average molecular weight is 276 g/mol. The third-order valence-corrected chi connectivity index (χ3v) is 3.35. The highest BCUT2D eigenvalue weighted by atomic mass is 32.2. The zero-order valence-electron chi connectivity index (χ0n) is 10.9. The van der Waals surface area contributed by atoms with Crippen molar-refractivity contribution in [2.75, 3.05) is 12.3 Å². The number of aromatic nitrogens is 3. The zero-order valence-corrected chi connectivity index (χ0v) is 11.8. The maximum absolute atomic E-state index is 10.7. The van der Waals surface area contributed by atoms with Crippen LogP contribution in [0.25, 0.3) is 11.4 Å². The minimum Gasteiger partial charge on any atom is -0.356 e. The Kier molecular flexibility index (Phi) is 4.57. The third-order valence-electron chi connectivity index (χ3n) is 2.50. The quantitative estimate of drug-likeness (QED) is 0.647. The van der Waals surface area contributed by atoms with Crippen LogP contribution in [0.4, 0.5) is 0 Å². The lowest BCUT2D eigenvalue weighted by atomic mass is 10.1. The third kappa shape index (κ3) is 4.10. The van der Waals surface area contributed by atoms with Crippen LogP contribution in [0.1, 0.15) is 12.5 Å². The zero-order chi connectivity index (χ0) is 13.7. The Bertz CT molecular complexity index is 550. The first-order chi connectivity index (χ1) is 9.15. The Hall–Kier alpha value is -1.82. The number of aromatic amines is 1. The van der Waals surface area contributed by atoms with Crippen molar-refractivity contribution in [1.29, 1.82) is 0 Å². The van der Waals surface area contributed by atoms with E-state index in [9.17, 15) is 4.79 Å². The number of nitrogens with zero attached hydrogens (tertiary/aromatic N) is 2. The molecule has 2 rings (SSSR count). The van der Waals surface area contributed by atoms with Gasteiger partial charge < -0.3 is 5.32 Å². The van der Waals surface area contributed by atoms with Crippen LogP contribution >= 0.6 is 11.8 Å². The summed E-state index contributed by atoms with van der Waals surface area (Å²) < 4.78 is 0. The van der Waals surface area contributed by atoms with Gasteiger partial charge in [-0.1, -0.05) is 41.6 Å². The molecule has 0 unspecified atom stereocenters. The minimum atomic E-state index is -0.0177. The van der Waals surface area contributed by atoms with E-state index < -0.39 is 0 Å². The number of hydrogen-bond acceptors (Lipinski definition) is 4. The van der Waals surface area contributed by atoms with Crippen LogP contribution in [0.5, 0.6) is 0 Å². The lowest BCUT2D eigenvalue weighted by Crippen LogP contribution is -2.22. The Balaban J connectivity index is 1.91. The van der Waals surface area contributed by atoms with Gasteiger partial charge in [0.15, 0.2) is 5.82 Å². The summed E-state index contributed by atoms with van der Waals surface area (Å²) in [6.45, 7) is 4.18. The summed E-state index contributed by atoms with van der Waals surface area (Å²) in [6.07, 6.45) is 0. The smallest absolute Gasteiger partial charge is 0.216 e. The first kappa shape index (κ1) is 13.6. The summed E-state index contributed by atoms with van der Waals surface area (Å²) in [7, 11) is 0. The molecule has 1 amide bonds. The highest BCUT2D eigenvalue weighted by molar-refractivity contribution is 7.99. The number of carbonyl (C=O) groups is 1. The van der Waals surface area contributed by atoms with E-state index in [0.717, 1.165) is 17.1 Å². The van der Waals surface area contributed by atoms with Gasteiger partial charge in [-0.2, -0.15) is 0 Å². The molecule has 0 bridgehead atoms. The molecule has 6 heteroatoms. The molecule has 1 heterocycles. The number of carbonyl (C=O) groups excluding carboxylic acids is 1. The van der Waals surface area contributed by atoms with E-state index in [1.807, 2.05) is 31.2 Å². The van der Waals surface area contributed by atoms with Crippen molar-refractivity contribution in [3.63, 3.8) is 0 Å². The first-order valence-electron chi connectivity index (χ1n) is 6.02. The molecule has 2 N–H and O–H groups in total. The van der Waals surface area contributed by atoms with Crippen molar-refractivity contribution in [2.24, 2.45) is 0 Å². The lowest BCUT2D eigenvalue weighted by Gasteiger charge is -1.98. The van der Waals surface area contributed by atoms with Crippen molar-refractivity contribution in [2.45, 2.75) is 19.0 Å². The van der Waals surface area contributed by atoms with E-state index in [-0.39, 0.29) is 5.91 Å². The summed E-state index contributed by atoms with van der Waals surface area (Å²) in [5.41, 5.74) is 2.24. The largest absolute Gasteiger partial charge is 0.356 e. The number of H-pyrrole nitrogens is 1. The number of rotatable bonds is 5. The Morgan fingerprint density at radius 3 is 2.79 bits per heavy atom. The Morgan fingerprint density at radius 2 is 2.11 bits per heavy atom. The number of nitrogens with one attached hydrogen (secondary N) is 2. The molecule has 0 radical (unpaired) electrons. The second-order valence-corrected chi connectivity index (χ2v) is 5.23. The maximum atomic E-state index is 10.7. The van der Waals surface area contributed by atoms with Gasteiger partial charge in [0, 0.05) is 24.8 Å². The molecule has 2 aromatic rings. The predicted molar refractivity (Wildman–Crippen MR) is 76.0 cm³/mol. The van der Waals surface area contributed by atoms with Crippen molar-refractivity contribution in [3.8, 4) is 11.4 Å². The number of benzene rings is 1. The molecule has 0 fully saturated rings. The van der Waals surface area contributed by atoms with E-state index in [2.05, 4.69) is 20.5 Å². The van der Waals surface area contributed by atoms with Crippen LogP contribution < -0.4 is 5.32 Å². The first-order valence-corrected chi connectivity index (χ1v) is 7.00. The SMILES string of the molecule is CC(=O)NCCSc1n[nH]c(-c2ccc(C)cc2)n1. The molecule has 0 atom stereocenters. The molecule has 1 aromatic heterocycles. The fourth-order valence-corrected chi connectivity index (χ4v) is 2.17. The summed E-state index contributed by atoms with van der Waals surface area (Å²) in [5, 5.41) is 10.5. The second kappa shape index (κ2) is 6.38. The molecule has 0 saturated carbocycles. The summed E-state index contributed by atoms with van der Waals surface area (Å²) in [5.74, 6) is 1.50. The number of aryl methyl sites for hydroxylation is 1. The van der Waals surface area contributed by atoms with Crippen LogP contribution in [0.2, 0.25) is 0 Å². The number of amides is 1. The fourth-order valence-electron chi connectivity index (χ4n) is 1.52. The van der Waals surface area contributed by atoms with Gasteiger partial charge in [-0.15, -0.1) is 5.10 Å². The molecule has 0 spiro atoms. The van der Waals surface area contributed by atoms with Gasteiger partial charge in [-0.25, -0.2) is 4.98 Å². The van der Waals surface area contributed by atoms with Gasteiger partial charge in [0.1, 0.15) is 0 Å². The van der Waals surface area contributed by atoms with Crippen LogP contribution in [-0.2, 0) is 4.79 Å². The maximum Gasteiger partial charge on any atom is 0.216 e. The van der Waals surface area contributed by atoms with E-state index in [4.69, 9.17) is 0 Å². The predicted octanol–water partition coefficient (Wildman–Crippen LogP) is 2.01. The second-order valence-electron chi connectivity index (χ2n) is 4.16. The summed E-state index contributed by atoms with van der Waals surface area (Å²) in [6, 6.07) is 8.12. The number of thioether (sulfide) groups is 1. The molecular formula is C13H16N4OS. The molecule has 5 nitrogen and oxygen atoms in total. The van der Waals surface area contributed by atoms with Gasteiger partial charge in [0.05, 0.1) is 0 Å². The standard InChI is InChI=1S/C13H16N4OS/c1-9-3-5-11(6-4-9)12-15-13(17-16-12)19-8-7-14-10(2)18/h3-6H,7-8H2,1-2H3,(H,14,18)(H,15,16,17). The van der Waals surface area contributed by atoms with Gasteiger partial charge in [-0.3, -0.25) is 9.89 Å². The lowest BCUT2D eigenvalue weighted by molar-refractivity contribution is -0.118. The molecule has 1 aromatic carbocycles. The van der Waals surface area contributed by atoms with Crippen molar-refractivity contribution in [1.82, 2.24) is 20.5 Å². The van der Waals surface area contributed by atoms with Crippen LogP contribution in [0.15, 0.2) is 29.4 Å². The Labute approximate surface area is 116 Å². The van der Waals surface area contributed by atoms with Gasteiger partial charge in [0.2, 0.25) is 11.1 Å². The molecule has 100 valence electrons. The molecule has 0 aliphatic rings. The van der Waals surface area contributed by atoms with Crippen molar-refractivity contribution < 1.29 is 4.79 Å². The van der Waals surface area contributed by atoms with Gasteiger partial charge >= 0.3 is 0 Å². The van der Waals surface area contributed by atoms with Crippen LogP contribution in [0, 0.1) is 6.92 Å². The molecule has 0 aliphatic heterocycles. The van der Waals surface area contributed by atoms with E-state index in [1.54, 1.807) is 0 Å². The topological polar surface area (TPSA) is 70.7 Å². The Morgan fingerprint density at radius 1 is 1.37 bits per heavy atom. The van der Waals surface area contributed by atoms with Crippen LogP contribution in [0.3, 0.4) is 0 Å². The minimum absolute atomic E-state index is 0.0177. The normalized spacial score (nSPS) is 10.4. The van der Waals surface area contributed by atoms with Crippen molar-refractivity contribution in [3.05, 3.63) is 29.8 Å². The van der Waals surface area contributed by atoms with Crippen LogP contribution in [-0.4, -0.2) is 33.4 Å². The van der Waals surface area contributed by atoms with Crippen molar-refractivity contribution >= 4 is 17.7 Å². The van der Waals surface area contributed by atoms with Gasteiger partial charge in [-0.05, 0) is 6.92 Å². The molecule has 0 saturated heterocycles. The van der Waals surface area contributed by atoms with E-state index >= 15 is 0 Å². The van der Waals surface area contributed by atoms with E-state index in [1.165, 1.54) is 24.2 Å². The highest BCUT2D eigenvalue weighted by Crippen LogP contribution is 2.19. The highest BCUT2D eigenvalue weighted by Gasteiger charge is 2.05. The van der Waals surface area contributed by atoms with Gasteiger partial charge in [0.25, 0.3) is 0 Å². The molecule has 0 aliphatic carbocycles. The van der Waals surface area contributed by atoms with E-state index in [0.29, 0.717) is 11.7 Å². The summed E-state index contributed by atoms with van der Waals surface area (Å²) in [4.78, 5) is 15.1. The fraction of sp³-hybridized carbons (Fsp3) is 0.308. The number of hydrogen-bond donors (Lipinski definition) is 2. The molecular weight excluding hydrogens is 260 g/mol.